The standard InChI is InChI=1S/C17H28N4O/c1-12(2)16-18-14-6-5-13(11-15(14)19-16)17(22)21-8-4-7-20(3)9-10-21/h12-13H,4-11H2,1-3H3,(H,18,19). The number of carbonyl (C=O) groups is 1. The average Bonchev–Trinajstić information content (AvgIpc) is 2.81. The quantitative estimate of drug-likeness (QED) is 0.906. The summed E-state index contributed by atoms with van der Waals surface area (Å²) >= 11 is 0. The number of aromatic amines is 1. The molecule has 1 saturated heterocycles. The fraction of sp³-hybridized carbons (Fsp3) is 0.765. The predicted molar refractivity (Wildman–Crippen MR) is 86.9 cm³/mol. The molecule has 1 unspecified atom stereocenters. The van der Waals surface area contributed by atoms with E-state index in [-0.39, 0.29) is 5.92 Å². The Morgan fingerprint density at radius 1 is 1.27 bits per heavy atom. The summed E-state index contributed by atoms with van der Waals surface area (Å²) in [6.07, 6.45) is 3.80. The molecule has 1 amide bonds. The molecule has 2 aliphatic rings. The highest BCUT2D eigenvalue weighted by atomic mass is 16.2. The Balaban J connectivity index is 1.67. The topological polar surface area (TPSA) is 52.2 Å². The van der Waals surface area contributed by atoms with Crippen LogP contribution in [0.25, 0.3) is 0 Å². The summed E-state index contributed by atoms with van der Waals surface area (Å²) in [5.41, 5.74) is 2.38. The summed E-state index contributed by atoms with van der Waals surface area (Å²) in [7, 11) is 2.14. The highest BCUT2D eigenvalue weighted by molar-refractivity contribution is 5.79. The second kappa shape index (κ2) is 6.41. The van der Waals surface area contributed by atoms with Gasteiger partial charge in [0, 0.05) is 43.6 Å². The van der Waals surface area contributed by atoms with Crippen molar-refractivity contribution in [3.8, 4) is 0 Å². The molecule has 5 heteroatoms. The van der Waals surface area contributed by atoms with Gasteiger partial charge in [0.25, 0.3) is 0 Å². The Morgan fingerprint density at radius 2 is 2.09 bits per heavy atom. The number of hydrogen-bond acceptors (Lipinski definition) is 3. The largest absolute Gasteiger partial charge is 0.345 e. The first-order valence-corrected chi connectivity index (χ1v) is 8.59. The Labute approximate surface area is 133 Å². The van der Waals surface area contributed by atoms with Crippen molar-refractivity contribution in [3.05, 3.63) is 17.2 Å². The second-order valence-corrected chi connectivity index (χ2v) is 7.12. The molecule has 1 aliphatic heterocycles. The molecule has 1 fully saturated rings. The van der Waals surface area contributed by atoms with Crippen LogP contribution in [0.2, 0.25) is 0 Å². The van der Waals surface area contributed by atoms with Crippen LogP contribution in [-0.2, 0) is 17.6 Å². The van der Waals surface area contributed by atoms with Crippen LogP contribution in [0.1, 0.15) is 49.8 Å². The zero-order chi connectivity index (χ0) is 15.7. The summed E-state index contributed by atoms with van der Waals surface area (Å²) in [6.45, 7) is 8.18. The minimum Gasteiger partial charge on any atom is -0.345 e. The highest BCUT2D eigenvalue weighted by Gasteiger charge is 2.31. The van der Waals surface area contributed by atoms with Crippen LogP contribution in [0.5, 0.6) is 0 Å². The highest BCUT2D eigenvalue weighted by Crippen LogP contribution is 2.27. The van der Waals surface area contributed by atoms with E-state index in [1.54, 1.807) is 0 Å². The monoisotopic (exact) mass is 304 g/mol. The van der Waals surface area contributed by atoms with E-state index in [0.717, 1.165) is 57.7 Å². The molecule has 1 atom stereocenters. The minimum atomic E-state index is 0.136. The number of likely N-dealkylation sites (N-methyl/N-ethyl adjacent to an activating group) is 1. The molecule has 122 valence electrons. The molecule has 2 heterocycles. The Kier molecular flexibility index (Phi) is 4.52. The third-order valence-corrected chi connectivity index (χ3v) is 4.99. The zero-order valence-corrected chi connectivity index (χ0v) is 14.1. The molecule has 0 saturated carbocycles. The van der Waals surface area contributed by atoms with Crippen LogP contribution in [-0.4, -0.2) is 58.9 Å². The summed E-state index contributed by atoms with van der Waals surface area (Å²) < 4.78 is 0. The molecule has 1 aromatic heterocycles. The van der Waals surface area contributed by atoms with E-state index >= 15 is 0 Å². The molecule has 1 aliphatic carbocycles. The second-order valence-electron chi connectivity index (χ2n) is 7.12. The SMILES string of the molecule is CC(C)c1nc2c([nH]1)CC(C(=O)N1CCCN(C)CC1)CC2. The molecule has 3 rings (SSSR count). The molecule has 5 nitrogen and oxygen atoms in total. The van der Waals surface area contributed by atoms with Gasteiger partial charge >= 0.3 is 0 Å². The normalized spacial score (nSPS) is 23.5. The van der Waals surface area contributed by atoms with Crippen molar-refractivity contribution < 1.29 is 4.79 Å². The first-order chi connectivity index (χ1) is 10.5. The maximum Gasteiger partial charge on any atom is 0.226 e. The fourth-order valence-electron chi connectivity index (χ4n) is 3.51. The van der Waals surface area contributed by atoms with Crippen LogP contribution in [0.4, 0.5) is 0 Å². The number of aromatic nitrogens is 2. The van der Waals surface area contributed by atoms with Gasteiger partial charge in [0.2, 0.25) is 5.91 Å². The maximum absolute atomic E-state index is 12.8. The van der Waals surface area contributed by atoms with Crippen molar-refractivity contribution in [1.82, 2.24) is 19.8 Å². The van der Waals surface area contributed by atoms with Crippen molar-refractivity contribution >= 4 is 5.91 Å². The number of aryl methyl sites for hydroxylation is 1. The number of nitrogens with one attached hydrogen (secondary N) is 1. The van der Waals surface area contributed by atoms with E-state index in [2.05, 4.69) is 35.7 Å². The van der Waals surface area contributed by atoms with Gasteiger partial charge in [-0.1, -0.05) is 13.8 Å². The number of fused-ring (bicyclic) bond motifs is 1. The van der Waals surface area contributed by atoms with Gasteiger partial charge in [0.05, 0.1) is 5.69 Å². The van der Waals surface area contributed by atoms with Crippen LogP contribution in [0.15, 0.2) is 0 Å². The lowest BCUT2D eigenvalue weighted by Gasteiger charge is -2.28. The van der Waals surface area contributed by atoms with E-state index in [4.69, 9.17) is 4.98 Å². The van der Waals surface area contributed by atoms with Crippen LogP contribution in [0, 0.1) is 5.92 Å². The average molecular weight is 304 g/mol. The first kappa shape index (κ1) is 15.5. The number of nitrogens with zero attached hydrogens (tertiary/aromatic N) is 3. The number of imidazole rings is 1. The molecule has 0 aromatic carbocycles. The van der Waals surface area contributed by atoms with Gasteiger partial charge in [-0.25, -0.2) is 4.98 Å². The molecule has 0 spiro atoms. The van der Waals surface area contributed by atoms with Crippen LogP contribution in [0.3, 0.4) is 0 Å². The van der Waals surface area contributed by atoms with Crippen LogP contribution < -0.4 is 0 Å². The Morgan fingerprint density at radius 3 is 2.86 bits per heavy atom. The summed E-state index contributed by atoms with van der Waals surface area (Å²) in [5, 5.41) is 0. The lowest BCUT2D eigenvalue weighted by molar-refractivity contribution is -0.135. The van der Waals surface area contributed by atoms with Crippen LogP contribution >= 0.6 is 0 Å². The number of carbonyl (C=O) groups excluding carboxylic acids is 1. The van der Waals surface area contributed by atoms with Crippen molar-refractivity contribution in [2.45, 2.75) is 45.4 Å². The fourth-order valence-corrected chi connectivity index (χ4v) is 3.51. The predicted octanol–water partition coefficient (Wildman–Crippen LogP) is 1.80. The smallest absolute Gasteiger partial charge is 0.226 e. The number of H-pyrrole nitrogens is 1. The van der Waals surface area contributed by atoms with Gasteiger partial charge in [-0.05, 0) is 32.9 Å². The molecule has 1 N–H and O–H groups in total. The van der Waals surface area contributed by atoms with E-state index in [1.807, 2.05) is 0 Å². The lowest BCUT2D eigenvalue weighted by Crippen LogP contribution is -2.40. The minimum absolute atomic E-state index is 0.136. The van der Waals surface area contributed by atoms with Crippen molar-refractivity contribution in [2.75, 3.05) is 33.2 Å². The van der Waals surface area contributed by atoms with Crippen molar-refractivity contribution in [3.63, 3.8) is 0 Å². The first-order valence-electron chi connectivity index (χ1n) is 8.59. The molecule has 22 heavy (non-hydrogen) atoms. The van der Waals surface area contributed by atoms with Gasteiger partial charge in [0.1, 0.15) is 5.82 Å². The van der Waals surface area contributed by atoms with Gasteiger partial charge < -0.3 is 14.8 Å². The summed E-state index contributed by atoms with van der Waals surface area (Å²) in [5.74, 6) is 1.97. The lowest BCUT2D eigenvalue weighted by atomic mass is 9.88. The molecular weight excluding hydrogens is 276 g/mol. The molecule has 0 radical (unpaired) electrons. The molecule has 0 bridgehead atoms. The van der Waals surface area contributed by atoms with E-state index < -0.39 is 0 Å². The van der Waals surface area contributed by atoms with Crippen molar-refractivity contribution in [2.24, 2.45) is 5.92 Å². The number of hydrogen-bond donors (Lipinski definition) is 1. The zero-order valence-electron chi connectivity index (χ0n) is 14.1. The Bertz CT molecular complexity index is 537. The van der Waals surface area contributed by atoms with Gasteiger partial charge in [-0.3, -0.25) is 4.79 Å². The van der Waals surface area contributed by atoms with Gasteiger partial charge in [-0.15, -0.1) is 0 Å². The maximum atomic E-state index is 12.8. The third kappa shape index (κ3) is 3.19. The molecule has 1 aromatic rings. The molecular formula is C17H28N4O. The van der Waals surface area contributed by atoms with E-state index in [1.165, 1.54) is 11.4 Å². The van der Waals surface area contributed by atoms with Crippen molar-refractivity contribution in [1.29, 1.82) is 0 Å². The third-order valence-electron chi connectivity index (χ3n) is 4.99. The van der Waals surface area contributed by atoms with E-state index in [9.17, 15) is 4.79 Å². The number of amides is 1. The van der Waals surface area contributed by atoms with E-state index in [0.29, 0.717) is 11.8 Å². The van der Waals surface area contributed by atoms with Gasteiger partial charge in [-0.2, -0.15) is 0 Å². The van der Waals surface area contributed by atoms with Gasteiger partial charge in [0.15, 0.2) is 0 Å². The summed E-state index contributed by atoms with van der Waals surface area (Å²) in [6, 6.07) is 0. The Hall–Kier alpha value is -1.36. The number of rotatable bonds is 2. The summed E-state index contributed by atoms with van der Waals surface area (Å²) in [4.78, 5) is 25.4.